The van der Waals surface area contributed by atoms with Gasteiger partial charge in [0, 0.05) is 0 Å². The fourth-order valence-electron chi connectivity index (χ4n) is 1.40. The van der Waals surface area contributed by atoms with Crippen molar-refractivity contribution in [2.45, 2.75) is 12.8 Å². The van der Waals surface area contributed by atoms with Gasteiger partial charge in [0.25, 0.3) is 0 Å². The van der Waals surface area contributed by atoms with Crippen molar-refractivity contribution < 1.29 is 0 Å². The molecule has 0 saturated carbocycles. The number of fused-ring (bicyclic) bond motifs is 2. The topological polar surface area (TPSA) is 0 Å². The fraction of sp³-hybridized carbons (Fsp3) is 0.200. The molecule has 2 bridgehead atoms. The van der Waals surface area contributed by atoms with E-state index in [4.69, 9.17) is 0 Å². The predicted molar refractivity (Wildman–Crippen MR) is 43.1 cm³/mol. The van der Waals surface area contributed by atoms with Crippen molar-refractivity contribution >= 4 is 0 Å². The van der Waals surface area contributed by atoms with Crippen LogP contribution in [-0.2, 0) is 12.8 Å². The molecule has 0 unspecified atom stereocenters. The smallest absolute Gasteiger partial charge is 0.00227 e. The van der Waals surface area contributed by atoms with Gasteiger partial charge in [-0.05, 0) is 29.5 Å². The Bertz CT molecular complexity index is 268. The first-order chi connectivity index (χ1) is 4.90. The average Bonchev–Trinajstić information content (AvgIpc) is 1.87. The molecule has 0 aromatic heterocycles. The van der Waals surface area contributed by atoms with E-state index in [-0.39, 0.29) is 0 Å². The first kappa shape index (κ1) is 5.72. The van der Waals surface area contributed by atoms with Crippen LogP contribution in [0.1, 0.15) is 16.7 Å². The number of rotatable bonds is 2. The summed E-state index contributed by atoms with van der Waals surface area (Å²) in [6.45, 7) is 3.72. The summed E-state index contributed by atoms with van der Waals surface area (Å²) in [6, 6.07) is 6.67. The Labute approximate surface area is 61.2 Å². The predicted octanol–water partition coefficient (Wildman–Crippen LogP) is 2.32. The third kappa shape index (κ3) is 0.688. The maximum atomic E-state index is 3.72. The summed E-state index contributed by atoms with van der Waals surface area (Å²) in [7, 11) is 0. The highest BCUT2D eigenvalue weighted by atomic mass is 14.2. The van der Waals surface area contributed by atoms with E-state index in [1.165, 1.54) is 23.1 Å². The van der Waals surface area contributed by atoms with Crippen molar-refractivity contribution in [1.29, 1.82) is 0 Å². The van der Waals surface area contributed by atoms with Gasteiger partial charge in [-0.1, -0.05) is 24.3 Å². The maximum absolute atomic E-state index is 3.72. The summed E-state index contributed by atoms with van der Waals surface area (Å²) in [5.74, 6) is 0. The Hall–Kier alpha value is -1.04. The van der Waals surface area contributed by atoms with Gasteiger partial charge in [0.2, 0.25) is 0 Å². The molecule has 0 heterocycles. The lowest BCUT2D eigenvalue weighted by molar-refractivity contribution is 1.03. The lowest BCUT2D eigenvalue weighted by atomic mass is 9.87. The van der Waals surface area contributed by atoms with E-state index >= 15 is 0 Å². The molecule has 50 valence electrons. The van der Waals surface area contributed by atoms with Gasteiger partial charge in [-0.3, -0.25) is 0 Å². The third-order valence-electron chi connectivity index (χ3n) is 2.03. The molecule has 10 heavy (non-hydrogen) atoms. The minimum Gasteiger partial charge on any atom is -0.103 e. The minimum atomic E-state index is 1.02. The first-order valence-electron chi connectivity index (χ1n) is 3.62. The third-order valence-corrected chi connectivity index (χ3v) is 2.03. The highest BCUT2D eigenvalue weighted by molar-refractivity contribution is 5.44. The molecule has 0 saturated heterocycles. The molecule has 0 atom stereocenters. The summed E-state index contributed by atoms with van der Waals surface area (Å²) < 4.78 is 0. The van der Waals surface area contributed by atoms with Crippen molar-refractivity contribution in [1.82, 2.24) is 0 Å². The Morgan fingerprint density at radius 3 is 2.80 bits per heavy atom. The Kier molecular flexibility index (Phi) is 1.13. The zero-order valence-corrected chi connectivity index (χ0v) is 5.93. The lowest BCUT2D eigenvalue weighted by Gasteiger charge is -2.18. The highest BCUT2D eigenvalue weighted by Crippen LogP contribution is 2.25. The maximum Gasteiger partial charge on any atom is -0.00227 e. The average molecular weight is 130 g/mol. The minimum absolute atomic E-state index is 1.02. The second-order valence-electron chi connectivity index (χ2n) is 2.77. The molecule has 0 radical (unpaired) electrons. The van der Waals surface area contributed by atoms with Crippen LogP contribution in [0, 0.1) is 0 Å². The van der Waals surface area contributed by atoms with E-state index in [1.807, 2.05) is 6.08 Å². The molecule has 2 aliphatic rings. The van der Waals surface area contributed by atoms with Gasteiger partial charge >= 0.3 is 0 Å². The van der Waals surface area contributed by atoms with E-state index < -0.39 is 0 Å². The molecule has 0 nitrogen and oxygen atoms in total. The van der Waals surface area contributed by atoms with Crippen LogP contribution < -0.4 is 0 Å². The van der Waals surface area contributed by atoms with Crippen molar-refractivity contribution in [3.8, 4) is 0 Å². The standard InChI is InChI=1S/C10H10/c1-2-3-9-5-4-8-6-10(9)7-8/h2,4-6H,1,3,7H2. The molecule has 0 spiro atoms. The zero-order chi connectivity index (χ0) is 6.97. The van der Waals surface area contributed by atoms with Crippen molar-refractivity contribution in [2.75, 3.05) is 0 Å². The second-order valence-corrected chi connectivity index (χ2v) is 2.77. The number of hydrogen-bond donors (Lipinski definition) is 0. The molecule has 0 fully saturated rings. The molecule has 0 amide bonds. The molecule has 1 aromatic rings. The SMILES string of the molecule is C=CCc1ccc2cc1C2. The lowest BCUT2D eigenvalue weighted by Crippen LogP contribution is -2.04. The number of allylic oxidation sites excluding steroid dienone is 1. The summed E-state index contributed by atoms with van der Waals surface area (Å²) in [5.41, 5.74) is 4.44. The number of hydrogen-bond acceptors (Lipinski definition) is 0. The van der Waals surface area contributed by atoms with Gasteiger partial charge in [0.15, 0.2) is 0 Å². The molecule has 3 rings (SSSR count). The van der Waals surface area contributed by atoms with E-state index in [2.05, 4.69) is 24.8 Å². The fourth-order valence-corrected chi connectivity index (χ4v) is 1.40. The van der Waals surface area contributed by atoms with Crippen LogP contribution in [0.3, 0.4) is 0 Å². The van der Waals surface area contributed by atoms with Gasteiger partial charge in [0.05, 0.1) is 0 Å². The quantitative estimate of drug-likeness (QED) is 0.547. The van der Waals surface area contributed by atoms with Crippen molar-refractivity contribution in [3.63, 3.8) is 0 Å². The van der Waals surface area contributed by atoms with Crippen LogP contribution in [0.5, 0.6) is 0 Å². The number of benzene rings is 1. The van der Waals surface area contributed by atoms with Crippen LogP contribution in [0.4, 0.5) is 0 Å². The Morgan fingerprint density at radius 2 is 2.30 bits per heavy atom. The molecular formula is C10H10. The monoisotopic (exact) mass is 130 g/mol. The van der Waals surface area contributed by atoms with Crippen molar-refractivity contribution in [2.24, 2.45) is 0 Å². The van der Waals surface area contributed by atoms with Gasteiger partial charge in [-0.25, -0.2) is 0 Å². The van der Waals surface area contributed by atoms with E-state index in [9.17, 15) is 0 Å². The molecule has 2 aliphatic carbocycles. The van der Waals surface area contributed by atoms with E-state index in [0.717, 1.165) is 6.42 Å². The molecule has 0 N–H and O–H groups in total. The zero-order valence-electron chi connectivity index (χ0n) is 5.93. The molecular weight excluding hydrogens is 120 g/mol. The van der Waals surface area contributed by atoms with Crippen LogP contribution in [0.15, 0.2) is 30.9 Å². The summed E-state index contributed by atoms with van der Waals surface area (Å²) in [4.78, 5) is 0. The van der Waals surface area contributed by atoms with E-state index in [0.29, 0.717) is 0 Å². The summed E-state index contributed by atoms with van der Waals surface area (Å²) >= 11 is 0. The van der Waals surface area contributed by atoms with Crippen LogP contribution >= 0.6 is 0 Å². The van der Waals surface area contributed by atoms with E-state index in [1.54, 1.807) is 0 Å². The highest BCUT2D eigenvalue weighted by Gasteiger charge is 2.11. The molecule has 1 aromatic carbocycles. The van der Waals surface area contributed by atoms with Crippen LogP contribution in [0.25, 0.3) is 0 Å². The van der Waals surface area contributed by atoms with Crippen LogP contribution in [0.2, 0.25) is 0 Å². The first-order valence-corrected chi connectivity index (χ1v) is 3.62. The van der Waals surface area contributed by atoms with Gasteiger partial charge in [-0.2, -0.15) is 0 Å². The summed E-state index contributed by atoms with van der Waals surface area (Å²) in [6.07, 6.45) is 4.18. The van der Waals surface area contributed by atoms with Crippen LogP contribution in [-0.4, -0.2) is 0 Å². The van der Waals surface area contributed by atoms with Gasteiger partial charge < -0.3 is 0 Å². The normalized spacial score (nSPS) is 12.4. The largest absolute Gasteiger partial charge is 0.103 e. The summed E-state index contributed by atoms with van der Waals surface area (Å²) in [5, 5.41) is 0. The van der Waals surface area contributed by atoms with Gasteiger partial charge in [0.1, 0.15) is 0 Å². The molecule has 0 heteroatoms. The molecule has 0 aliphatic heterocycles. The van der Waals surface area contributed by atoms with Crippen molar-refractivity contribution in [3.05, 3.63) is 47.5 Å². The Morgan fingerprint density at radius 1 is 1.50 bits per heavy atom. The second kappa shape index (κ2) is 1.98. The Balaban J connectivity index is 2.37. The van der Waals surface area contributed by atoms with Gasteiger partial charge in [-0.15, -0.1) is 6.58 Å².